The zero-order valence-electron chi connectivity index (χ0n) is 10.9. The zero-order chi connectivity index (χ0) is 13.9. The van der Waals surface area contributed by atoms with Crippen LogP contribution in [0.1, 0.15) is 26.7 Å². The lowest BCUT2D eigenvalue weighted by Gasteiger charge is -2.26. The van der Waals surface area contributed by atoms with E-state index in [4.69, 9.17) is 17.3 Å². The van der Waals surface area contributed by atoms with Gasteiger partial charge in [0.25, 0.3) is 0 Å². The van der Waals surface area contributed by atoms with Crippen LogP contribution in [0.3, 0.4) is 0 Å². The van der Waals surface area contributed by atoms with Crippen molar-refractivity contribution in [2.45, 2.75) is 37.6 Å². The third-order valence-corrected chi connectivity index (χ3v) is 5.55. The van der Waals surface area contributed by atoms with Crippen molar-refractivity contribution >= 4 is 27.3 Å². The number of nitrogen functional groups attached to an aromatic ring is 1. The summed E-state index contributed by atoms with van der Waals surface area (Å²) in [7, 11) is -2.08. The summed E-state index contributed by atoms with van der Waals surface area (Å²) in [5, 5.41) is 0.160. The molecular weight excluding hydrogens is 272 g/mol. The summed E-state index contributed by atoms with van der Waals surface area (Å²) in [6, 6.07) is 4.66. The van der Waals surface area contributed by atoms with Gasteiger partial charge in [-0.2, -0.15) is 4.31 Å². The molecular formula is C12H19ClN2O2S. The molecule has 0 saturated heterocycles. The van der Waals surface area contributed by atoms with Crippen LogP contribution in [-0.2, 0) is 10.0 Å². The Morgan fingerprint density at radius 3 is 2.33 bits per heavy atom. The highest BCUT2D eigenvalue weighted by Crippen LogP contribution is 2.30. The molecule has 0 fully saturated rings. The van der Waals surface area contributed by atoms with Gasteiger partial charge in [0.2, 0.25) is 10.0 Å². The molecule has 0 aliphatic rings. The van der Waals surface area contributed by atoms with Crippen molar-refractivity contribution in [1.29, 1.82) is 0 Å². The van der Waals surface area contributed by atoms with E-state index in [0.29, 0.717) is 0 Å². The van der Waals surface area contributed by atoms with Crippen molar-refractivity contribution in [3.8, 4) is 0 Å². The van der Waals surface area contributed by atoms with Crippen LogP contribution in [0.2, 0.25) is 5.02 Å². The van der Waals surface area contributed by atoms with Crippen LogP contribution < -0.4 is 5.73 Å². The first kappa shape index (κ1) is 15.3. The van der Waals surface area contributed by atoms with Gasteiger partial charge in [-0.05, 0) is 25.0 Å². The fourth-order valence-corrected chi connectivity index (χ4v) is 4.07. The summed E-state index contributed by atoms with van der Waals surface area (Å²) in [6.45, 7) is 3.91. The van der Waals surface area contributed by atoms with E-state index in [-0.39, 0.29) is 21.6 Å². The van der Waals surface area contributed by atoms with E-state index < -0.39 is 10.0 Å². The van der Waals surface area contributed by atoms with Gasteiger partial charge in [-0.1, -0.05) is 31.5 Å². The Hall–Kier alpha value is -0.780. The van der Waals surface area contributed by atoms with Gasteiger partial charge in [-0.3, -0.25) is 0 Å². The minimum absolute atomic E-state index is 0.000988. The van der Waals surface area contributed by atoms with Gasteiger partial charge in [0, 0.05) is 13.1 Å². The van der Waals surface area contributed by atoms with Crippen molar-refractivity contribution in [3.05, 3.63) is 23.2 Å². The van der Waals surface area contributed by atoms with Crippen LogP contribution in [0.4, 0.5) is 5.69 Å². The number of sulfonamides is 1. The van der Waals surface area contributed by atoms with Gasteiger partial charge < -0.3 is 5.73 Å². The van der Waals surface area contributed by atoms with Crippen LogP contribution in [0, 0.1) is 0 Å². The van der Waals surface area contributed by atoms with Gasteiger partial charge in [-0.25, -0.2) is 8.42 Å². The van der Waals surface area contributed by atoms with Gasteiger partial charge in [0.05, 0.1) is 10.7 Å². The molecule has 0 heterocycles. The van der Waals surface area contributed by atoms with Gasteiger partial charge in [-0.15, -0.1) is 0 Å². The number of nitrogens with two attached hydrogens (primary N) is 1. The molecule has 0 bridgehead atoms. The van der Waals surface area contributed by atoms with Crippen molar-refractivity contribution in [1.82, 2.24) is 4.31 Å². The van der Waals surface area contributed by atoms with E-state index in [2.05, 4.69) is 0 Å². The molecule has 2 N–H and O–H groups in total. The van der Waals surface area contributed by atoms with Crippen LogP contribution in [-0.4, -0.2) is 25.8 Å². The van der Waals surface area contributed by atoms with E-state index in [9.17, 15) is 8.42 Å². The number of hydrogen-bond donors (Lipinski definition) is 1. The van der Waals surface area contributed by atoms with Gasteiger partial charge >= 0.3 is 0 Å². The Bertz CT molecular complexity index is 493. The van der Waals surface area contributed by atoms with Gasteiger partial charge in [0.1, 0.15) is 4.90 Å². The maximum atomic E-state index is 12.5. The number of anilines is 1. The lowest BCUT2D eigenvalue weighted by atomic mass is 10.2. The first-order chi connectivity index (χ1) is 8.36. The molecule has 1 aromatic carbocycles. The minimum Gasteiger partial charge on any atom is -0.398 e. The molecule has 1 rings (SSSR count). The maximum absolute atomic E-state index is 12.5. The van der Waals surface area contributed by atoms with Crippen molar-refractivity contribution in [2.24, 2.45) is 0 Å². The molecule has 0 unspecified atom stereocenters. The fourth-order valence-electron chi connectivity index (χ4n) is 1.94. The molecule has 6 heteroatoms. The quantitative estimate of drug-likeness (QED) is 0.848. The highest BCUT2D eigenvalue weighted by atomic mass is 35.5. The monoisotopic (exact) mass is 290 g/mol. The summed E-state index contributed by atoms with van der Waals surface area (Å²) >= 11 is 5.96. The van der Waals surface area contributed by atoms with Gasteiger partial charge in [0.15, 0.2) is 0 Å². The van der Waals surface area contributed by atoms with Crippen molar-refractivity contribution in [2.75, 3.05) is 12.8 Å². The highest BCUT2D eigenvalue weighted by molar-refractivity contribution is 7.89. The molecule has 0 amide bonds. The molecule has 0 aromatic heterocycles. The molecule has 18 heavy (non-hydrogen) atoms. The lowest BCUT2D eigenvalue weighted by molar-refractivity contribution is 0.350. The molecule has 4 nitrogen and oxygen atoms in total. The molecule has 0 aliphatic heterocycles. The van der Waals surface area contributed by atoms with E-state index in [0.717, 1.165) is 12.8 Å². The van der Waals surface area contributed by atoms with E-state index in [1.807, 2.05) is 13.8 Å². The van der Waals surface area contributed by atoms with Crippen LogP contribution in [0.15, 0.2) is 23.1 Å². The Morgan fingerprint density at radius 2 is 1.89 bits per heavy atom. The average molecular weight is 291 g/mol. The van der Waals surface area contributed by atoms with Crippen LogP contribution in [0.5, 0.6) is 0 Å². The summed E-state index contributed by atoms with van der Waals surface area (Å²) in [6.07, 6.45) is 1.49. The lowest BCUT2D eigenvalue weighted by Crippen LogP contribution is -2.36. The van der Waals surface area contributed by atoms with Crippen LogP contribution in [0.25, 0.3) is 0 Å². The highest BCUT2D eigenvalue weighted by Gasteiger charge is 2.29. The van der Waals surface area contributed by atoms with E-state index in [1.165, 1.54) is 10.4 Å². The van der Waals surface area contributed by atoms with Crippen molar-refractivity contribution < 1.29 is 8.42 Å². The number of nitrogens with zero attached hydrogens (tertiary/aromatic N) is 1. The summed E-state index contributed by atoms with van der Waals surface area (Å²) in [5.41, 5.74) is 5.92. The molecule has 0 atom stereocenters. The fraction of sp³-hybridized carbons (Fsp3) is 0.500. The second-order valence-electron chi connectivity index (χ2n) is 4.15. The minimum atomic E-state index is -3.65. The number of benzene rings is 1. The SMILES string of the molecule is CCC(CC)N(C)S(=O)(=O)c1c(N)cccc1Cl. The largest absolute Gasteiger partial charge is 0.398 e. The Morgan fingerprint density at radius 1 is 1.33 bits per heavy atom. The molecule has 1 aromatic rings. The summed E-state index contributed by atoms with van der Waals surface area (Å²) < 4.78 is 26.3. The van der Waals surface area contributed by atoms with E-state index >= 15 is 0 Å². The summed E-state index contributed by atoms with van der Waals surface area (Å²) in [4.78, 5) is 0.000988. The summed E-state index contributed by atoms with van der Waals surface area (Å²) in [5.74, 6) is 0. The number of rotatable bonds is 5. The maximum Gasteiger partial charge on any atom is 0.246 e. The third kappa shape index (κ3) is 2.79. The first-order valence-electron chi connectivity index (χ1n) is 5.88. The number of halogens is 1. The standard InChI is InChI=1S/C12H19ClN2O2S/c1-4-9(5-2)15(3)18(16,17)12-10(13)7-6-8-11(12)14/h6-9H,4-5,14H2,1-3H3. The Labute approximate surface area is 114 Å². The molecule has 0 spiro atoms. The first-order valence-corrected chi connectivity index (χ1v) is 7.70. The molecule has 0 saturated carbocycles. The van der Waals surface area contributed by atoms with Crippen LogP contribution >= 0.6 is 11.6 Å². The molecule has 0 aliphatic carbocycles. The molecule has 102 valence electrons. The zero-order valence-corrected chi connectivity index (χ0v) is 12.4. The van der Waals surface area contributed by atoms with E-state index in [1.54, 1.807) is 19.2 Å². The second kappa shape index (κ2) is 5.91. The predicted octanol–water partition coefficient (Wildman–Crippen LogP) is 2.73. The smallest absolute Gasteiger partial charge is 0.246 e. The van der Waals surface area contributed by atoms with Crippen molar-refractivity contribution in [3.63, 3.8) is 0 Å². The normalized spacial score (nSPS) is 12.3. The molecule has 0 radical (unpaired) electrons. The predicted molar refractivity (Wildman–Crippen MR) is 75.2 cm³/mol. The Kier molecular flexibility index (Phi) is 5.01. The second-order valence-corrected chi connectivity index (χ2v) is 6.49. The average Bonchev–Trinajstić information content (AvgIpc) is 2.29. The number of hydrogen-bond acceptors (Lipinski definition) is 3. The topological polar surface area (TPSA) is 63.4 Å². The Balaban J connectivity index is 3.30. The third-order valence-electron chi connectivity index (χ3n) is 3.09.